The van der Waals surface area contributed by atoms with Crippen LogP contribution < -0.4 is 5.32 Å². The van der Waals surface area contributed by atoms with Crippen LogP contribution in [0.15, 0.2) is 29.4 Å². The van der Waals surface area contributed by atoms with Crippen molar-refractivity contribution in [2.45, 2.75) is 34.1 Å². The Kier molecular flexibility index (Phi) is 12.3. The van der Waals surface area contributed by atoms with Gasteiger partial charge in [0.1, 0.15) is 0 Å². The van der Waals surface area contributed by atoms with Crippen LogP contribution in [0.2, 0.25) is 0 Å². The number of rotatable bonds is 6. The van der Waals surface area contributed by atoms with E-state index in [9.17, 15) is 0 Å². The van der Waals surface area contributed by atoms with Gasteiger partial charge in [-0.2, -0.15) is 0 Å². The minimum Gasteiger partial charge on any atom is -0.320 e. The van der Waals surface area contributed by atoms with E-state index in [0.29, 0.717) is 5.92 Å². The Labute approximate surface area is 95.2 Å². The molecule has 15 heavy (non-hydrogen) atoms. The lowest BCUT2D eigenvalue weighted by atomic mass is 10.0. The third-order valence-electron chi connectivity index (χ3n) is 1.91. The van der Waals surface area contributed by atoms with Crippen LogP contribution in [-0.2, 0) is 0 Å². The minimum absolute atomic E-state index is 0.482. The predicted octanol–water partition coefficient (Wildman–Crippen LogP) is 3.42. The van der Waals surface area contributed by atoms with E-state index in [4.69, 9.17) is 0 Å². The van der Waals surface area contributed by atoms with Crippen LogP contribution >= 0.6 is 0 Å². The normalized spacial score (nSPS) is 11.8. The van der Waals surface area contributed by atoms with Crippen LogP contribution in [0.25, 0.3) is 0 Å². The van der Waals surface area contributed by atoms with Crippen LogP contribution in [0.3, 0.4) is 0 Å². The third kappa shape index (κ3) is 11.0. The molecule has 1 atom stereocenters. The molecule has 1 unspecified atom stereocenters. The fraction of sp³-hybridized carbons (Fsp3) is 0.615. The molecule has 2 nitrogen and oxygen atoms in total. The molecule has 0 aliphatic carbocycles. The number of allylic oxidation sites excluding steroid dienone is 2. The van der Waals surface area contributed by atoms with Crippen LogP contribution in [0.1, 0.15) is 34.1 Å². The average Bonchev–Trinajstić information content (AvgIpc) is 2.25. The van der Waals surface area contributed by atoms with Gasteiger partial charge in [-0.05, 0) is 38.4 Å². The molecule has 0 amide bonds. The molecule has 0 saturated carbocycles. The Morgan fingerprint density at radius 2 is 1.93 bits per heavy atom. The van der Waals surface area contributed by atoms with Crippen molar-refractivity contribution in [3.63, 3.8) is 0 Å². The maximum Gasteiger partial charge on any atom is 0.0301 e. The molecule has 2 heteroatoms. The molecule has 0 aromatic carbocycles. The molecule has 0 heterocycles. The van der Waals surface area contributed by atoms with Crippen LogP contribution in [0.5, 0.6) is 0 Å². The van der Waals surface area contributed by atoms with Gasteiger partial charge in [-0.25, -0.2) is 0 Å². The summed E-state index contributed by atoms with van der Waals surface area (Å²) in [6.45, 7) is 16.7. The summed E-state index contributed by atoms with van der Waals surface area (Å²) in [6, 6.07) is 0. The molecular formula is C13H26N2. The Bertz CT molecular complexity index is 205. The van der Waals surface area contributed by atoms with E-state index in [2.05, 4.69) is 30.4 Å². The van der Waals surface area contributed by atoms with Gasteiger partial charge in [-0.15, -0.1) is 0 Å². The van der Waals surface area contributed by atoms with Gasteiger partial charge >= 0.3 is 0 Å². The molecule has 1 N–H and O–H groups in total. The molecular weight excluding hydrogens is 184 g/mol. The van der Waals surface area contributed by atoms with E-state index in [1.165, 1.54) is 0 Å². The summed E-state index contributed by atoms with van der Waals surface area (Å²) in [5.74, 6) is 0.482. The van der Waals surface area contributed by atoms with E-state index in [-0.39, 0.29) is 0 Å². The van der Waals surface area contributed by atoms with Crippen LogP contribution in [0, 0.1) is 5.92 Å². The first-order valence-corrected chi connectivity index (χ1v) is 5.61. The minimum atomic E-state index is 0.482. The van der Waals surface area contributed by atoms with E-state index in [1.54, 1.807) is 0 Å². The largest absolute Gasteiger partial charge is 0.320 e. The summed E-state index contributed by atoms with van der Waals surface area (Å²) < 4.78 is 0. The van der Waals surface area contributed by atoms with Crippen molar-refractivity contribution in [1.29, 1.82) is 0 Å². The lowest BCUT2D eigenvalue weighted by Crippen LogP contribution is -2.12. The fourth-order valence-electron chi connectivity index (χ4n) is 0.867. The van der Waals surface area contributed by atoms with E-state index in [1.807, 2.05) is 34.0 Å². The SMILES string of the molecule is C=C(C)N=CC(=C)C(C)CCNC.CC. The molecule has 0 aromatic rings. The van der Waals surface area contributed by atoms with Crippen LogP contribution in [-0.4, -0.2) is 19.8 Å². The Balaban J connectivity index is 0. The number of hydrogen-bond donors (Lipinski definition) is 1. The molecule has 0 saturated heterocycles. The van der Waals surface area contributed by atoms with Gasteiger partial charge in [0.05, 0.1) is 0 Å². The first-order valence-electron chi connectivity index (χ1n) is 5.61. The Hall–Kier alpha value is -0.890. The van der Waals surface area contributed by atoms with Gasteiger partial charge in [-0.1, -0.05) is 33.9 Å². The summed E-state index contributed by atoms with van der Waals surface area (Å²) in [7, 11) is 1.96. The number of hydrogen-bond acceptors (Lipinski definition) is 2. The second kappa shape index (κ2) is 11.2. The van der Waals surface area contributed by atoms with Crippen molar-refractivity contribution >= 4 is 6.21 Å². The summed E-state index contributed by atoms with van der Waals surface area (Å²) in [4.78, 5) is 4.11. The van der Waals surface area contributed by atoms with E-state index in [0.717, 1.165) is 24.2 Å². The van der Waals surface area contributed by atoms with Crippen molar-refractivity contribution in [3.8, 4) is 0 Å². The summed E-state index contributed by atoms with van der Waals surface area (Å²) >= 11 is 0. The second-order valence-corrected chi connectivity index (χ2v) is 3.36. The summed E-state index contributed by atoms with van der Waals surface area (Å²) in [6.07, 6.45) is 2.90. The fourth-order valence-corrected chi connectivity index (χ4v) is 0.867. The van der Waals surface area contributed by atoms with Crippen molar-refractivity contribution in [1.82, 2.24) is 5.32 Å². The Morgan fingerprint density at radius 3 is 2.33 bits per heavy atom. The molecule has 0 radical (unpaired) electrons. The van der Waals surface area contributed by atoms with E-state index >= 15 is 0 Å². The lowest BCUT2D eigenvalue weighted by molar-refractivity contribution is 0.601. The molecule has 0 rings (SSSR count). The second-order valence-electron chi connectivity index (χ2n) is 3.36. The van der Waals surface area contributed by atoms with Gasteiger partial charge in [0, 0.05) is 11.9 Å². The van der Waals surface area contributed by atoms with Crippen molar-refractivity contribution < 1.29 is 0 Å². The first kappa shape index (κ1) is 16.5. The van der Waals surface area contributed by atoms with Crippen molar-refractivity contribution in [3.05, 3.63) is 24.4 Å². The molecule has 0 fully saturated rings. The number of aliphatic imine (C=N–C) groups is 1. The quantitative estimate of drug-likeness (QED) is 0.667. The predicted molar refractivity (Wildman–Crippen MR) is 71.5 cm³/mol. The molecule has 0 aliphatic heterocycles. The molecule has 0 spiro atoms. The zero-order chi connectivity index (χ0) is 12.3. The molecule has 0 aromatic heterocycles. The highest BCUT2D eigenvalue weighted by molar-refractivity contribution is 5.78. The summed E-state index contributed by atoms with van der Waals surface area (Å²) in [5, 5.41) is 3.12. The standard InChI is InChI=1S/C11H20N2.C2H6/c1-9(2)13-8-11(4)10(3)6-7-12-5;1-2/h8,10,12H,1,4,6-7H2,2-3,5H3;1-2H3. The van der Waals surface area contributed by atoms with Crippen LogP contribution in [0.4, 0.5) is 0 Å². The van der Waals surface area contributed by atoms with Gasteiger partial charge in [-0.3, -0.25) is 4.99 Å². The smallest absolute Gasteiger partial charge is 0.0301 e. The average molecular weight is 210 g/mol. The number of nitrogens with zero attached hydrogens (tertiary/aromatic N) is 1. The Morgan fingerprint density at radius 1 is 1.40 bits per heavy atom. The number of nitrogens with one attached hydrogen (secondary N) is 1. The van der Waals surface area contributed by atoms with Crippen molar-refractivity contribution in [2.24, 2.45) is 10.9 Å². The zero-order valence-corrected chi connectivity index (χ0v) is 10.9. The van der Waals surface area contributed by atoms with Crippen molar-refractivity contribution in [2.75, 3.05) is 13.6 Å². The maximum absolute atomic E-state index is 4.11. The lowest BCUT2D eigenvalue weighted by Gasteiger charge is -2.10. The maximum atomic E-state index is 4.11. The highest BCUT2D eigenvalue weighted by Gasteiger charge is 2.02. The van der Waals surface area contributed by atoms with Gasteiger partial charge < -0.3 is 5.32 Å². The highest BCUT2D eigenvalue weighted by Crippen LogP contribution is 2.10. The molecule has 0 aliphatic rings. The highest BCUT2D eigenvalue weighted by atomic mass is 14.8. The zero-order valence-electron chi connectivity index (χ0n) is 10.9. The first-order chi connectivity index (χ1) is 7.07. The summed E-state index contributed by atoms with van der Waals surface area (Å²) in [5.41, 5.74) is 1.89. The van der Waals surface area contributed by atoms with E-state index < -0.39 is 0 Å². The topological polar surface area (TPSA) is 24.4 Å². The van der Waals surface area contributed by atoms with Gasteiger partial charge in [0.2, 0.25) is 0 Å². The third-order valence-corrected chi connectivity index (χ3v) is 1.91. The molecule has 0 bridgehead atoms. The van der Waals surface area contributed by atoms with Gasteiger partial charge in [0.15, 0.2) is 0 Å². The monoisotopic (exact) mass is 210 g/mol. The molecule has 88 valence electrons. The van der Waals surface area contributed by atoms with Gasteiger partial charge in [0.25, 0.3) is 0 Å².